The van der Waals surface area contributed by atoms with Gasteiger partial charge in [0.1, 0.15) is 13.2 Å². The summed E-state index contributed by atoms with van der Waals surface area (Å²) in [6.07, 6.45) is 83.6. The van der Waals surface area contributed by atoms with Crippen LogP contribution in [0.15, 0.2) is 0 Å². The average molecular weight is 1130 g/mol. The third-order valence-electron chi connectivity index (χ3n) is 17.4. The van der Waals surface area contributed by atoms with Crippen LogP contribution in [-0.4, -0.2) is 37.2 Å². The molecule has 0 aromatic carbocycles. The standard InChI is InChI=1S/C74H144O6/c1-4-7-10-13-15-17-19-21-23-25-27-29-31-33-35-36-37-39-40-42-44-46-48-50-52-54-56-58-61-64-67-73(76)79-70-71(69-78-72(75)66-63-60-12-9-6-3)80-74(77)68-65-62-59-57-55-53-51-49-47-45-43-41-38-34-32-30-28-26-24-22-20-18-16-14-11-8-5-2/h71H,4-70H2,1-3H3. The first-order valence-corrected chi connectivity index (χ1v) is 37.0. The van der Waals surface area contributed by atoms with Gasteiger partial charge in [0.15, 0.2) is 6.10 Å². The van der Waals surface area contributed by atoms with E-state index in [1.54, 1.807) is 0 Å². The SMILES string of the molecule is CCCCCCCCCCCCCCCCCCCCCCCCCCCCCCCCC(=O)OCC(COC(=O)CCCCCCC)OC(=O)CCCCCCCCCCCCCCCCCCCCCCCCCCCCC. The Balaban J connectivity index is 3.86. The second-order valence-corrected chi connectivity index (χ2v) is 25.6. The van der Waals surface area contributed by atoms with Crippen LogP contribution in [-0.2, 0) is 28.6 Å². The van der Waals surface area contributed by atoms with Gasteiger partial charge in [0, 0.05) is 19.3 Å². The van der Waals surface area contributed by atoms with Crippen molar-refractivity contribution in [2.24, 2.45) is 0 Å². The van der Waals surface area contributed by atoms with Crippen LogP contribution in [0.1, 0.15) is 438 Å². The summed E-state index contributed by atoms with van der Waals surface area (Å²) in [6.45, 7) is 6.66. The number of carbonyl (C=O) groups is 3. The summed E-state index contributed by atoms with van der Waals surface area (Å²) in [5.41, 5.74) is 0. The van der Waals surface area contributed by atoms with Crippen LogP contribution in [0.3, 0.4) is 0 Å². The third-order valence-corrected chi connectivity index (χ3v) is 17.4. The second-order valence-electron chi connectivity index (χ2n) is 25.6. The van der Waals surface area contributed by atoms with Gasteiger partial charge in [0.25, 0.3) is 0 Å². The van der Waals surface area contributed by atoms with Gasteiger partial charge in [-0.15, -0.1) is 0 Å². The molecule has 0 aliphatic rings. The Hall–Kier alpha value is -1.59. The van der Waals surface area contributed by atoms with E-state index in [1.165, 1.54) is 334 Å². The Morgan fingerprint density at radius 1 is 0.200 bits per heavy atom. The van der Waals surface area contributed by atoms with Crippen molar-refractivity contribution in [1.82, 2.24) is 0 Å². The van der Waals surface area contributed by atoms with Crippen LogP contribution in [0.2, 0.25) is 0 Å². The fourth-order valence-corrected chi connectivity index (χ4v) is 11.8. The molecular weight excluding hydrogens is 985 g/mol. The molecule has 1 unspecified atom stereocenters. The van der Waals surface area contributed by atoms with Gasteiger partial charge < -0.3 is 14.2 Å². The highest BCUT2D eigenvalue weighted by Crippen LogP contribution is 2.20. The molecular formula is C74H144O6. The fourth-order valence-electron chi connectivity index (χ4n) is 11.8. The molecule has 476 valence electrons. The number of ether oxygens (including phenoxy) is 3. The molecule has 0 amide bonds. The maximum atomic E-state index is 12.9. The topological polar surface area (TPSA) is 78.9 Å². The molecule has 0 bridgehead atoms. The minimum Gasteiger partial charge on any atom is -0.462 e. The maximum Gasteiger partial charge on any atom is 0.306 e. The van der Waals surface area contributed by atoms with E-state index in [2.05, 4.69) is 20.8 Å². The van der Waals surface area contributed by atoms with Crippen molar-refractivity contribution in [3.63, 3.8) is 0 Å². The average Bonchev–Trinajstić information content (AvgIpc) is 3.46. The minimum atomic E-state index is -0.761. The van der Waals surface area contributed by atoms with Crippen LogP contribution in [0.25, 0.3) is 0 Å². The first-order valence-electron chi connectivity index (χ1n) is 37.0. The van der Waals surface area contributed by atoms with Crippen LogP contribution in [0, 0.1) is 0 Å². The molecule has 0 aromatic rings. The maximum absolute atomic E-state index is 12.9. The van der Waals surface area contributed by atoms with E-state index in [-0.39, 0.29) is 31.1 Å². The van der Waals surface area contributed by atoms with Crippen molar-refractivity contribution in [3.05, 3.63) is 0 Å². The van der Waals surface area contributed by atoms with E-state index in [0.29, 0.717) is 19.3 Å². The molecule has 0 aliphatic heterocycles. The zero-order chi connectivity index (χ0) is 57.8. The summed E-state index contributed by atoms with van der Waals surface area (Å²) in [5, 5.41) is 0. The highest BCUT2D eigenvalue weighted by atomic mass is 16.6. The molecule has 0 fully saturated rings. The van der Waals surface area contributed by atoms with E-state index in [4.69, 9.17) is 14.2 Å². The number of esters is 3. The fraction of sp³-hybridized carbons (Fsp3) is 0.959. The van der Waals surface area contributed by atoms with E-state index < -0.39 is 6.10 Å². The summed E-state index contributed by atoms with van der Waals surface area (Å²) < 4.78 is 16.8. The van der Waals surface area contributed by atoms with Gasteiger partial charge in [-0.25, -0.2) is 0 Å². The Bertz CT molecular complexity index is 1200. The lowest BCUT2D eigenvalue weighted by molar-refractivity contribution is -0.167. The van der Waals surface area contributed by atoms with Gasteiger partial charge in [-0.2, -0.15) is 0 Å². The number of unbranched alkanes of at least 4 members (excludes halogenated alkanes) is 59. The molecule has 0 saturated heterocycles. The van der Waals surface area contributed by atoms with Gasteiger partial charge in [0.2, 0.25) is 0 Å². The summed E-state index contributed by atoms with van der Waals surface area (Å²) in [4.78, 5) is 38.0. The minimum absolute atomic E-state index is 0.0620. The lowest BCUT2D eigenvalue weighted by Crippen LogP contribution is -2.30. The molecule has 0 spiro atoms. The lowest BCUT2D eigenvalue weighted by Gasteiger charge is -2.18. The van der Waals surface area contributed by atoms with Crippen molar-refractivity contribution >= 4 is 17.9 Å². The van der Waals surface area contributed by atoms with Crippen molar-refractivity contribution < 1.29 is 28.6 Å². The van der Waals surface area contributed by atoms with Gasteiger partial charge in [-0.3, -0.25) is 14.4 Å². The smallest absolute Gasteiger partial charge is 0.306 e. The summed E-state index contributed by atoms with van der Waals surface area (Å²) >= 11 is 0. The van der Waals surface area contributed by atoms with Crippen LogP contribution >= 0.6 is 0 Å². The molecule has 0 saturated carbocycles. The summed E-state index contributed by atoms with van der Waals surface area (Å²) in [5.74, 6) is -0.841. The molecule has 6 nitrogen and oxygen atoms in total. The van der Waals surface area contributed by atoms with Crippen molar-refractivity contribution in [1.29, 1.82) is 0 Å². The predicted octanol–water partition coefficient (Wildman–Crippen LogP) is 25.4. The van der Waals surface area contributed by atoms with E-state index in [0.717, 1.165) is 64.2 Å². The predicted molar refractivity (Wildman–Crippen MR) is 349 cm³/mol. The molecule has 0 rings (SSSR count). The Kier molecular flexibility index (Phi) is 68.5. The third kappa shape index (κ3) is 67.2. The van der Waals surface area contributed by atoms with Crippen LogP contribution in [0.5, 0.6) is 0 Å². The van der Waals surface area contributed by atoms with E-state index in [1.807, 2.05) is 0 Å². The largest absolute Gasteiger partial charge is 0.462 e. The van der Waals surface area contributed by atoms with Crippen LogP contribution in [0.4, 0.5) is 0 Å². The molecule has 0 aromatic heterocycles. The Labute approximate surface area is 501 Å². The normalized spacial score (nSPS) is 11.9. The quantitative estimate of drug-likeness (QED) is 0.0343. The highest BCUT2D eigenvalue weighted by Gasteiger charge is 2.20. The molecule has 1 atom stereocenters. The van der Waals surface area contributed by atoms with Crippen molar-refractivity contribution in [2.45, 2.75) is 444 Å². The lowest BCUT2D eigenvalue weighted by atomic mass is 10.0. The van der Waals surface area contributed by atoms with Crippen molar-refractivity contribution in [2.75, 3.05) is 13.2 Å². The van der Waals surface area contributed by atoms with Gasteiger partial charge >= 0.3 is 17.9 Å². The highest BCUT2D eigenvalue weighted by molar-refractivity contribution is 5.71. The number of rotatable bonds is 70. The van der Waals surface area contributed by atoms with E-state index in [9.17, 15) is 14.4 Å². The first-order chi connectivity index (χ1) is 39.5. The zero-order valence-electron chi connectivity index (χ0n) is 54.9. The Morgan fingerprint density at radius 3 is 0.500 bits per heavy atom. The molecule has 0 radical (unpaired) electrons. The van der Waals surface area contributed by atoms with E-state index >= 15 is 0 Å². The molecule has 6 heteroatoms. The van der Waals surface area contributed by atoms with Crippen LogP contribution < -0.4 is 0 Å². The summed E-state index contributed by atoms with van der Waals surface area (Å²) in [7, 11) is 0. The van der Waals surface area contributed by atoms with Gasteiger partial charge in [-0.1, -0.05) is 400 Å². The molecule has 0 N–H and O–H groups in total. The number of hydrogen-bond donors (Lipinski definition) is 0. The zero-order valence-corrected chi connectivity index (χ0v) is 54.9. The van der Waals surface area contributed by atoms with Gasteiger partial charge in [0.05, 0.1) is 0 Å². The monoisotopic (exact) mass is 1130 g/mol. The molecule has 0 heterocycles. The first kappa shape index (κ1) is 78.4. The van der Waals surface area contributed by atoms with Crippen molar-refractivity contribution in [3.8, 4) is 0 Å². The number of hydrogen-bond acceptors (Lipinski definition) is 6. The number of carbonyl (C=O) groups excluding carboxylic acids is 3. The summed E-state index contributed by atoms with van der Waals surface area (Å²) in [6, 6.07) is 0. The van der Waals surface area contributed by atoms with Gasteiger partial charge in [-0.05, 0) is 19.3 Å². The molecule has 80 heavy (non-hydrogen) atoms. The Morgan fingerprint density at radius 2 is 0.338 bits per heavy atom. The molecule has 0 aliphatic carbocycles. The second kappa shape index (κ2) is 69.9.